The van der Waals surface area contributed by atoms with Crippen molar-refractivity contribution in [1.82, 2.24) is 9.97 Å². The molecule has 0 saturated heterocycles. The molecule has 1 aromatic heterocycles. The number of hydrogen-bond acceptors (Lipinski definition) is 6. The van der Waals surface area contributed by atoms with Gasteiger partial charge < -0.3 is 10.4 Å². The predicted octanol–water partition coefficient (Wildman–Crippen LogP) is 0.319. The first kappa shape index (κ1) is 11.2. The van der Waals surface area contributed by atoms with Crippen molar-refractivity contribution in [3.63, 3.8) is 0 Å². The molecule has 0 amide bonds. The third-order valence-corrected chi connectivity index (χ3v) is 2.08. The van der Waals surface area contributed by atoms with E-state index in [2.05, 4.69) is 36.6 Å². The average molecular weight is 262 g/mol. The molecule has 0 atom stereocenters. The van der Waals surface area contributed by atoms with Crippen LogP contribution in [0.2, 0.25) is 0 Å². The van der Waals surface area contributed by atoms with Gasteiger partial charge in [0.15, 0.2) is 0 Å². The van der Waals surface area contributed by atoms with Gasteiger partial charge in [-0.15, -0.1) is 0 Å². The fourth-order valence-electron chi connectivity index (χ4n) is 0.846. The Morgan fingerprint density at radius 2 is 2.36 bits per heavy atom. The first-order valence-corrected chi connectivity index (χ1v) is 4.91. The molecule has 0 spiro atoms. The lowest BCUT2D eigenvalue weighted by Crippen LogP contribution is -2.12. The SMILES string of the molecule is NNc1ncc(Br)c(NCCCO)n1. The lowest BCUT2D eigenvalue weighted by atomic mass is 10.4. The molecule has 0 unspecified atom stereocenters. The van der Waals surface area contributed by atoms with Gasteiger partial charge in [0.25, 0.3) is 0 Å². The summed E-state index contributed by atoms with van der Waals surface area (Å²) in [5.74, 6) is 6.17. The van der Waals surface area contributed by atoms with Crippen LogP contribution in [0, 0.1) is 0 Å². The summed E-state index contributed by atoms with van der Waals surface area (Å²) in [4.78, 5) is 7.98. The number of nitrogens with zero attached hydrogens (tertiary/aromatic N) is 2. The van der Waals surface area contributed by atoms with Crippen molar-refractivity contribution in [2.75, 3.05) is 23.9 Å². The number of halogens is 1. The van der Waals surface area contributed by atoms with E-state index in [1.54, 1.807) is 6.20 Å². The van der Waals surface area contributed by atoms with Crippen molar-refractivity contribution in [2.24, 2.45) is 5.84 Å². The average Bonchev–Trinajstić information content (AvgIpc) is 2.21. The fourth-order valence-corrected chi connectivity index (χ4v) is 1.18. The van der Waals surface area contributed by atoms with Gasteiger partial charge in [0.1, 0.15) is 5.82 Å². The van der Waals surface area contributed by atoms with E-state index >= 15 is 0 Å². The molecule has 1 aromatic rings. The Hall–Kier alpha value is -0.920. The second kappa shape index (κ2) is 5.74. The number of nitrogen functional groups attached to an aromatic ring is 1. The summed E-state index contributed by atoms with van der Waals surface area (Å²) in [5, 5.41) is 11.6. The van der Waals surface area contributed by atoms with Gasteiger partial charge in [0.05, 0.1) is 4.47 Å². The van der Waals surface area contributed by atoms with E-state index in [1.807, 2.05) is 0 Å². The van der Waals surface area contributed by atoms with Crippen LogP contribution in [0.4, 0.5) is 11.8 Å². The van der Waals surface area contributed by atoms with Gasteiger partial charge in [0, 0.05) is 19.3 Å². The minimum absolute atomic E-state index is 0.150. The summed E-state index contributed by atoms with van der Waals surface area (Å²) in [5.41, 5.74) is 2.35. The molecule has 0 saturated carbocycles. The van der Waals surface area contributed by atoms with Gasteiger partial charge in [-0.05, 0) is 22.4 Å². The number of nitrogens with two attached hydrogens (primary N) is 1. The van der Waals surface area contributed by atoms with Crippen molar-refractivity contribution >= 4 is 27.7 Å². The van der Waals surface area contributed by atoms with E-state index < -0.39 is 0 Å². The maximum Gasteiger partial charge on any atom is 0.239 e. The highest BCUT2D eigenvalue weighted by Crippen LogP contribution is 2.19. The topological polar surface area (TPSA) is 96.1 Å². The molecule has 0 bridgehead atoms. The zero-order valence-electron chi connectivity index (χ0n) is 7.50. The van der Waals surface area contributed by atoms with Crippen LogP contribution in [0.5, 0.6) is 0 Å². The van der Waals surface area contributed by atoms with Gasteiger partial charge >= 0.3 is 0 Å². The van der Waals surface area contributed by atoms with Crippen LogP contribution in [0.25, 0.3) is 0 Å². The van der Waals surface area contributed by atoms with Crippen molar-refractivity contribution in [3.8, 4) is 0 Å². The largest absolute Gasteiger partial charge is 0.396 e. The molecule has 1 rings (SSSR count). The highest BCUT2D eigenvalue weighted by atomic mass is 79.9. The molecule has 0 aliphatic rings. The van der Waals surface area contributed by atoms with Gasteiger partial charge in [-0.3, -0.25) is 5.43 Å². The Morgan fingerprint density at radius 3 is 3.00 bits per heavy atom. The summed E-state index contributed by atoms with van der Waals surface area (Å²) in [7, 11) is 0. The maximum absolute atomic E-state index is 8.60. The Kier molecular flexibility index (Phi) is 4.57. The summed E-state index contributed by atoms with van der Waals surface area (Å²) in [6.45, 7) is 0.799. The van der Waals surface area contributed by atoms with Crippen LogP contribution in [-0.4, -0.2) is 28.2 Å². The predicted molar refractivity (Wildman–Crippen MR) is 57.7 cm³/mol. The Balaban J connectivity index is 2.64. The number of aliphatic hydroxyl groups excluding tert-OH is 1. The van der Waals surface area contributed by atoms with Crippen LogP contribution >= 0.6 is 15.9 Å². The minimum atomic E-state index is 0.150. The minimum Gasteiger partial charge on any atom is -0.396 e. The number of hydrogen-bond donors (Lipinski definition) is 4. The highest BCUT2D eigenvalue weighted by molar-refractivity contribution is 9.10. The Bertz CT molecular complexity index is 295. The Labute approximate surface area is 90.0 Å². The van der Waals surface area contributed by atoms with E-state index in [0.29, 0.717) is 24.7 Å². The van der Waals surface area contributed by atoms with Crippen LogP contribution in [0.15, 0.2) is 10.7 Å². The molecule has 0 aliphatic heterocycles. The van der Waals surface area contributed by atoms with E-state index in [9.17, 15) is 0 Å². The smallest absolute Gasteiger partial charge is 0.239 e. The number of hydrazine groups is 1. The first-order chi connectivity index (χ1) is 6.77. The van der Waals surface area contributed by atoms with Crippen molar-refractivity contribution < 1.29 is 5.11 Å². The Morgan fingerprint density at radius 1 is 1.57 bits per heavy atom. The molecule has 0 aliphatic carbocycles. The van der Waals surface area contributed by atoms with Crippen molar-refractivity contribution in [1.29, 1.82) is 0 Å². The van der Waals surface area contributed by atoms with E-state index in [0.717, 1.165) is 4.47 Å². The maximum atomic E-state index is 8.60. The molecule has 78 valence electrons. The molecule has 14 heavy (non-hydrogen) atoms. The third kappa shape index (κ3) is 3.09. The van der Waals surface area contributed by atoms with Crippen molar-refractivity contribution in [2.45, 2.75) is 6.42 Å². The lowest BCUT2D eigenvalue weighted by molar-refractivity contribution is 0.292. The van der Waals surface area contributed by atoms with E-state index in [-0.39, 0.29) is 6.61 Å². The monoisotopic (exact) mass is 261 g/mol. The summed E-state index contributed by atoms with van der Waals surface area (Å²) >= 11 is 3.29. The number of aromatic nitrogens is 2. The molecule has 5 N–H and O–H groups in total. The second-order valence-electron chi connectivity index (χ2n) is 2.54. The van der Waals surface area contributed by atoms with E-state index in [4.69, 9.17) is 10.9 Å². The van der Waals surface area contributed by atoms with Gasteiger partial charge in [-0.1, -0.05) is 0 Å². The van der Waals surface area contributed by atoms with Crippen LogP contribution in [0.1, 0.15) is 6.42 Å². The lowest BCUT2D eigenvalue weighted by Gasteiger charge is -2.07. The molecular formula is C7H12BrN5O. The molecular weight excluding hydrogens is 250 g/mol. The molecule has 0 aromatic carbocycles. The number of rotatable bonds is 5. The molecule has 7 heteroatoms. The van der Waals surface area contributed by atoms with Crippen LogP contribution in [0.3, 0.4) is 0 Å². The number of anilines is 2. The second-order valence-corrected chi connectivity index (χ2v) is 3.39. The van der Waals surface area contributed by atoms with Gasteiger partial charge in [-0.25, -0.2) is 10.8 Å². The molecule has 0 radical (unpaired) electrons. The zero-order valence-corrected chi connectivity index (χ0v) is 9.08. The molecule has 6 nitrogen and oxygen atoms in total. The number of nitrogens with one attached hydrogen (secondary N) is 2. The fraction of sp³-hybridized carbons (Fsp3) is 0.429. The normalized spacial score (nSPS) is 9.93. The van der Waals surface area contributed by atoms with Gasteiger partial charge in [0.2, 0.25) is 5.95 Å². The third-order valence-electron chi connectivity index (χ3n) is 1.50. The first-order valence-electron chi connectivity index (χ1n) is 4.12. The van der Waals surface area contributed by atoms with Crippen molar-refractivity contribution in [3.05, 3.63) is 10.7 Å². The number of aliphatic hydroxyl groups is 1. The standard InChI is InChI=1S/C7H12BrN5O/c8-5-4-11-7(13-9)12-6(5)10-2-1-3-14/h4,14H,1-3,9H2,(H2,10,11,12,13). The van der Waals surface area contributed by atoms with Gasteiger partial charge in [-0.2, -0.15) is 4.98 Å². The van der Waals surface area contributed by atoms with Crippen LogP contribution < -0.4 is 16.6 Å². The van der Waals surface area contributed by atoms with E-state index in [1.165, 1.54) is 0 Å². The summed E-state index contributed by atoms with van der Waals surface area (Å²) in [6.07, 6.45) is 2.27. The summed E-state index contributed by atoms with van der Waals surface area (Å²) < 4.78 is 0.759. The summed E-state index contributed by atoms with van der Waals surface area (Å²) in [6, 6.07) is 0. The molecule has 0 fully saturated rings. The highest BCUT2D eigenvalue weighted by Gasteiger charge is 2.02. The quantitative estimate of drug-likeness (QED) is 0.347. The zero-order chi connectivity index (χ0) is 10.4. The van der Waals surface area contributed by atoms with Crippen LogP contribution in [-0.2, 0) is 0 Å². The molecule has 1 heterocycles.